The molecule has 2 rings (SSSR count). The van der Waals surface area contributed by atoms with Gasteiger partial charge in [0.2, 0.25) is 5.89 Å². The van der Waals surface area contributed by atoms with E-state index in [0.29, 0.717) is 12.4 Å². The second-order valence-electron chi connectivity index (χ2n) is 4.32. The van der Waals surface area contributed by atoms with Gasteiger partial charge in [-0.05, 0) is 43.7 Å². The molecule has 1 aromatic heterocycles. The summed E-state index contributed by atoms with van der Waals surface area (Å²) in [6, 6.07) is 4.03. The first-order valence-corrected chi connectivity index (χ1v) is 5.95. The fourth-order valence-electron chi connectivity index (χ4n) is 1.93. The van der Waals surface area contributed by atoms with E-state index in [1.807, 2.05) is 26.0 Å². The number of ether oxygens (including phenoxy) is 1. The molecule has 0 aliphatic carbocycles. The van der Waals surface area contributed by atoms with E-state index >= 15 is 0 Å². The summed E-state index contributed by atoms with van der Waals surface area (Å²) in [4.78, 5) is 4.44. The van der Waals surface area contributed by atoms with Crippen molar-refractivity contribution in [2.75, 3.05) is 13.7 Å². The molecule has 4 nitrogen and oxygen atoms in total. The Kier molecular flexibility index (Phi) is 3.67. The minimum Gasteiger partial charge on any atom is -0.496 e. The highest BCUT2D eigenvalue weighted by Crippen LogP contribution is 2.29. The smallest absolute Gasteiger partial charge is 0.226 e. The number of nitrogens with zero attached hydrogens (tertiary/aromatic N) is 1. The van der Waals surface area contributed by atoms with Crippen molar-refractivity contribution in [1.29, 1.82) is 0 Å². The molecule has 0 spiro atoms. The monoisotopic (exact) mass is 246 g/mol. The van der Waals surface area contributed by atoms with Crippen molar-refractivity contribution in [3.63, 3.8) is 0 Å². The number of aryl methyl sites for hydroxylation is 2. The molecule has 0 radical (unpaired) electrons. The van der Waals surface area contributed by atoms with Gasteiger partial charge in [-0.3, -0.25) is 0 Å². The molecule has 18 heavy (non-hydrogen) atoms. The number of hydrogen-bond acceptors (Lipinski definition) is 4. The lowest BCUT2D eigenvalue weighted by molar-refractivity contribution is 0.411. The fraction of sp³-hybridized carbons (Fsp3) is 0.357. The maximum absolute atomic E-state index is 5.51. The standard InChI is InChI=1S/C14H18N2O2/c1-9-7-13(17-3)10(2)6-12(9)14-16-11(4-5-15)8-18-14/h6-8H,4-5,15H2,1-3H3. The maximum Gasteiger partial charge on any atom is 0.226 e. The van der Waals surface area contributed by atoms with E-state index in [1.165, 1.54) is 0 Å². The van der Waals surface area contributed by atoms with Crippen LogP contribution in [-0.2, 0) is 6.42 Å². The summed E-state index contributed by atoms with van der Waals surface area (Å²) >= 11 is 0. The van der Waals surface area contributed by atoms with Crippen LogP contribution in [0.5, 0.6) is 5.75 Å². The SMILES string of the molecule is COc1cc(C)c(-c2nc(CCN)co2)cc1C. The Labute approximate surface area is 107 Å². The van der Waals surface area contributed by atoms with E-state index in [9.17, 15) is 0 Å². The third-order valence-corrected chi connectivity index (χ3v) is 2.92. The molecule has 0 aliphatic heterocycles. The van der Waals surface area contributed by atoms with Crippen molar-refractivity contribution in [2.24, 2.45) is 5.73 Å². The first-order valence-electron chi connectivity index (χ1n) is 5.95. The van der Waals surface area contributed by atoms with E-state index in [0.717, 1.165) is 34.6 Å². The van der Waals surface area contributed by atoms with E-state index in [4.69, 9.17) is 14.9 Å². The van der Waals surface area contributed by atoms with Crippen LogP contribution in [0.1, 0.15) is 16.8 Å². The molecule has 0 saturated carbocycles. The third kappa shape index (κ3) is 2.38. The largest absolute Gasteiger partial charge is 0.496 e. The van der Waals surface area contributed by atoms with E-state index in [-0.39, 0.29) is 0 Å². The normalized spacial score (nSPS) is 10.7. The van der Waals surface area contributed by atoms with E-state index in [2.05, 4.69) is 4.98 Å². The zero-order valence-electron chi connectivity index (χ0n) is 11.0. The summed E-state index contributed by atoms with van der Waals surface area (Å²) in [6.45, 7) is 4.60. The second kappa shape index (κ2) is 5.23. The quantitative estimate of drug-likeness (QED) is 0.900. The lowest BCUT2D eigenvalue weighted by Gasteiger charge is -2.08. The van der Waals surface area contributed by atoms with Gasteiger partial charge in [0.1, 0.15) is 12.0 Å². The molecule has 0 aliphatic rings. The van der Waals surface area contributed by atoms with Gasteiger partial charge in [-0.15, -0.1) is 0 Å². The molecule has 0 atom stereocenters. The Morgan fingerprint density at radius 2 is 2.06 bits per heavy atom. The molecule has 2 N–H and O–H groups in total. The van der Waals surface area contributed by atoms with Gasteiger partial charge in [0.15, 0.2) is 0 Å². The van der Waals surface area contributed by atoms with Crippen LogP contribution in [0.4, 0.5) is 0 Å². The second-order valence-corrected chi connectivity index (χ2v) is 4.32. The molecule has 1 aromatic carbocycles. The number of oxazole rings is 1. The van der Waals surface area contributed by atoms with Crippen molar-refractivity contribution in [3.8, 4) is 17.2 Å². The van der Waals surface area contributed by atoms with E-state index < -0.39 is 0 Å². The van der Waals surface area contributed by atoms with E-state index in [1.54, 1.807) is 13.4 Å². The molecular weight excluding hydrogens is 228 g/mol. The molecule has 2 aromatic rings. The lowest BCUT2D eigenvalue weighted by Crippen LogP contribution is -2.02. The van der Waals surface area contributed by atoms with Crippen molar-refractivity contribution >= 4 is 0 Å². The average Bonchev–Trinajstić information content (AvgIpc) is 2.80. The van der Waals surface area contributed by atoms with Gasteiger partial charge >= 0.3 is 0 Å². The molecule has 0 saturated heterocycles. The Hall–Kier alpha value is -1.81. The molecule has 1 heterocycles. The van der Waals surface area contributed by atoms with Crippen molar-refractivity contribution in [1.82, 2.24) is 4.98 Å². The van der Waals surface area contributed by atoms with Crippen LogP contribution in [0.2, 0.25) is 0 Å². The first-order chi connectivity index (χ1) is 8.65. The van der Waals surface area contributed by atoms with Crippen LogP contribution in [0.3, 0.4) is 0 Å². The highest BCUT2D eigenvalue weighted by molar-refractivity contribution is 5.62. The topological polar surface area (TPSA) is 61.3 Å². The molecule has 4 heteroatoms. The van der Waals surface area contributed by atoms with Crippen molar-refractivity contribution in [3.05, 3.63) is 35.2 Å². The van der Waals surface area contributed by atoms with Crippen LogP contribution in [0.15, 0.2) is 22.8 Å². The summed E-state index contributed by atoms with van der Waals surface area (Å²) in [5.41, 5.74) is 9.54. The van der Waals surface area contributed by atoms with Crippen molar-refractivity contribution < 1.29 is 9.15 Å². The number of benzene rings is 1. The molecule has 0 bridgehead atoms. The van der Waals surface area contributed by atoms with Crippen LogP contribution in [0.25, 0.3) is 11.5 Å². The summed E-state index contributed by atoms with van der Waals surface area (Å²) < 4.78 is 10.8. The fourth-order valence-corrected chi connectivity index (χ4v) is 1.93. The number of nitrogens with two attached hydrogens (primary N) is 1. The van der Waals surface area contributed by atoms with Gasteiger partial charge in [-0.25, -0.2) is 4.98 Å². The maximum atomic E-state index is 5.51. The van der Waals surface area contributed by atoms with Gasteiger partial charge in [0, 0.05) is 12.0 Å². The molecule has 0 fully saturated rings. The van der Waals surface area contributed by atoms with Crippen LogP contribution < -0.4 is 10.5 Å². The minimum absolute atomic E-state index is 0.576. The number of rotatable bonds is 4. The Balaban J connectivity index is 2.40. The minimum atomic E-state index is 0.576. The molecule has 96 valence electrons. The molecule has 0 amide bonds. The zero-order chi connectivity index (χ0) is 13.1. The zero-order valence-corrected chi connectivity index (χ0v) is 11.0. The van der Waals surface area contributed by atoms with Gasteiger partial charge in [-0.2, -0.15) is 0 Å². The Morgan fingerprint density at radius 3 is 2.72 bits per heavy atom. The number of methoxy groups -OCH3 is 1. The third-order valence-electron chi connectivity index (χ3n) is 2.92. The summed E-state index contributed by atoms with van der Waals surface area (Å²) in [6.07, 6.45) is 2.40. The van der Waals surface area contributed by atoms with Gasteiger partial charge in [-0.1, -0.05) is 0 Å². The summed E-state index contributed by atoms with van der Waals surface area (Å²) in [5.74, 6) is 1.52. The van der Waals surface area contributed by atoms with Gasteiger partial charge in [0.05, 0.1) is 12.8 Å². The Bertz CT molecular complexity index is 547. The Morgan fingerprint density at radius 1 is 1.28 bits per heavy atom. The van der Waals surface area contributed by atoms with Gasteiger partial charge < -0.3 is 14.9 Å². The van der Waals surface area contributed by atoms with Crippen LogP contribution >= 0.6 is 0 Å². The number of hydrogen-bond donors (Lipinski definition) is 1. The highest BCUT2D eigenvalue weighted by Gasteiger charge is 2.12. The lowest BCUT2D eigenvalue weighted by atomic mass is 10.0. The molecular formula is C14H18N2O2. The van der Waals surface area contributed by atoms with Crippen molar-refractivity contribution in [2.45, 2.75) is 20.3 Å². The van der Waals surface area contributed by atoms with Crippen LogP contribution in [0, 0.1) is 13.8 Å². The average molecular weight is 246 g/mol. The highest BCUT2D eigenvalue weighted by atomic mass is 16.5. The molecule has 0 unspecified atom stereocenters. The van der Waals surface area contributed by atoms with Gasteiger partial charge in [0.25, 0.3) is 0 Å². The predicted molar refractivity (Wildman–Crippen MR) is 70.7 cm³/mol. The predicted octanol–water partition coefficient (Wildman–Crippen LogP) is 2.47. The summed E-state index contributed by atoms with van der Waals surface area (Å²) in [7, 11) is 1.67. The summed E-state index contributed by atoms with van der Waals surface area (Å²) in [5, 5.41) is 0. The first kappa shape index (κ1) is 12.6. The van der Waals surface area contributed by atoms with Crippen LogP contribution in [-0.4, -0.2) is 18.6 Å². The number of aromatic nitrogens is 1.